The molecule has 1 amide bonds. The molecule has 0 saturated heterocycles. The summed E-state index contributed by atoms with van der Waals surface area (Å²) in [6.45, 7) is 0. The fourth-order valence-corrected chi connectivity index (χ4v) is 5.03. The van der Waals surface area contributed by atoms with E-state index in [0.717, 1.165) is 10.2 Å². The van der Waals surface area contributed by atoms with Crippen LogP contribution in [0.5, 0.6) is 0 Å². The summed E-state index contributed by atoms with van der Waals surface area (Å²) in [5.74, 6) is -0.839. The van der Waals surface area contributed by atoms with Gasteiger partial charge in [-0.05, 0) is 42.0 Å². The lowest BCUT2D eigenvalue weighted by Crippen LogP contribution is -2.29. The Hall–Kier alpha value is -3.84. The highest BCUT2D eigenvalue weighted by atomic mass is 32.1. The van der Waals surface area contributed by atoms with Crippen molar-refractivity contribution < 1.29 is 13.6 Å². The minimum Gasteiger partial charge on any atom is -0.450 e. The molecule has 150 valence electrons. The lowest BCUT2D eigenvalue weighted by Gasteiger charge is -2.22. The minimum absolute atomic E-state index is 0.00252. The van der Waals surface area contributed by atoms with E-state index in [9.17, 15) is 14.0 Å². The Balaban J connectivity index is 1.65. The number of para-hydroxylation sites is 2. The van der Waals surface area contributed by atoms with Gasteiger partial charge < -0.3 is 4.42 Å². The van der Waals surface area contributed by atoms with Gasteiger partial charge in [0, 0.05) is 0 Å². The Labute approximate surface area is 179 Å². The number of halogens is 1. The van der Waals surface area contributed by atoms with Crippen LogP contribution in [0.4, 0.5) is 9.52 Å². The van der Waals surface area contributed by atoms with Crippen LogP contribution in [0, 0.1) is 5.82 Å². The molecule has 1 aliphatic rings. The molecule has 0 saturated carbocycles. The van der Waals surface area contributed by atoms with Gasteiger partial charge in [0.25, 0.3) is 5.91 Å². The Morgan fingerprint density at radius 3 is 2.48 bits per heavy atom. The monoisotopic (exact) mass is 428 g/mol. The zero-order chi connectivity index (χ0) is 21.1. The largest absolute Gasteiger partial charge is 0.450 e. The summed E-state index contributed by atoms with van der Waals surface area (Å²) in [5, 5.41) is 0.850. The number of benzene rings is 3. The van der Waals surface area contributed by atoms with Gasteiger partial charge in [0.2, 0.25) is 5.76 Å². The molecule has 0 unspecified atom stereocenters. The van der Waals surface area contributed by atoms with Gasteiger partial charge in [-0.15, -0.1) is 0 Å². The molecule has 7 heteroatoms. The number of rotatable bonds is 2. The molecule has 31 heavy (non-hydrogen) atoms. The fraction of sp³-hybridized carbons (Fsp3) is 0.0417. The van der Waals surface area contributed by atoms with E-state index >= 15 is 0 Å². The van der Waals surface area contributed by atoms with Crippen molar-refractivity contribution in [3.05, 3.63) is 106 Å². The maximum Gasteiger partial charge on any atom is 0.297 e. The van der Waals surface area contributed by atoms with Crippen molar-refractivity contribution in [3.63, 3.8) is 0 Å². The number of carbonyl (C=O) groups is 1. The summed E-state index contributed by atoms with van der Waals surface area (Å²) in [6.07, 6.45) is 0. The normalized spacial score (nSPS) is 15.7. The molecule has 6 rings (SSSR count). The first-order chi connectivity index (χ1) is 15.1. The fourth-order valence-electron chi connectivity index (χ4n) is 4.04. The zero-order valence-corrected chi connectivity index (χ0v) is 16.7. The minimum atomic E-state index is -0.760. The van der Waals surface area contributed by atoms with Gasteiger partial charge in [0.05, 0.1) is 27.2 Å². The molecule has 5 aromatic rings. The molecule has 3 heterocycles. The molecule has 0 spiro atoms. The van der Waals surface area contributed by atoms with Crippen LogP contribution in [-0.2, 0) is 0 Å². The number of thiazole rings is 1. The molecular formula is C24H13FN2O3S. The van der Waals surface area contributed by atoms with Crippen LogP contribution < -0.4 is 10.3 Å². The summed E-state index contributed by atoms with van der Waals surface area (Å²) in [7, 11) is 0. The smallest absolute Gasteiger partial charge is 0.297 e. The molecule has 0 radical (unpaired) electrons. The molecule has 0 N–H and O–H groups in total. The van der Waals surface area contributed by atoms with Gasteiger partial charge in [0.15, 0.2) is 10.6 Å². The van der Waals surface area contributed by atoms with Crippen molar-refractivity contribution in [1.82, 2.24) is 4.98 Å². The first-order valence-electron chi connectivity index (χ1n) is 9.62. The van der Waals surface area contributed by atoms with Crippen LogP contribution in [-0.4, -0.2) is 10.9 Å². The quantitative estimate of drug-likeness (QED) is 0.383. The summed E-state index contributed by atoms with van der Waals surface area (Å²) < 4.78 is 20.5. The van der Waals surface area contributed by atoms with E-state index < -0.39 is 17.8 Å². The van der Waals surface area contributed by atoms with Crippen molar-refractivity contribution in [2.45, 2.75) is 6.04 Å². The number of hydrogen-bond donors (Lipinski definition) is 0. The van der Waals surface area contributed by atoms with E-state index in [4.69, 9.17) is 4.42 Å². The molecule has 3 aromatic carbocycles. The van der Waals surface area contributed by atoms with Crippen molar-refractivity contribution in [2.75, 3.05) is 4.90 Å². The molecule has 1 atom stereocenters. The van der Waals surface area contributed by atoms with Crippen LogP contribution in [0.2, 0.25) is 0 Å². The van der Waals surface area contributed by atoms with Gasteiger partial charge in [-0.25, -0.2) is 9.37 Å². The van der Waals surface area contributed by atoms with Gasteiger partial charge in [-0.1, -0.05) is 47.7 Å². The highest BCUT2D eigenvalue weighted by Gasteiger charge is 2.44. The molecule has 2 aromatic heterocycles. The van der Waals surface area contributed by atoms with E-state index in [-0.39, 0.29) is 16.8 Å². The number of nitrogens with zero attached hydrogens (tertiary/aromatic N) is 2. The lowest BCUT2D eigenvalue weighted by atomic mass is 9.99. The first kappa shape index (κ1) is 18.0. The van der Waals surface area contributed by atoms with Crippen molar-refractivity contribution in [1.29, 1.82) is 0 Å². The number of aromatic nitrogens is 1. The third kappa shape index (κ3) is 2.63. The van der Waals surface area contributed by atoms with Gasteiger partial charge in [-0.3, -0.25) is 14.5 Å². The Kier molecular flexibility index (Phi) is 3.82. The maximum atomic E-state index is 13.6. The van der Waals surface area contributed by atoms with Crippen LogP contribution in [0.3, 0.4) is 0 Å². The summed E-state index contributed by atoms with van der Waals surface area (Å²) in [4.78, 5) is 33.0. The van der Waals surface area contributed by atoms with Crippen molar-refractivity contribution >= 4 is 43.6 Å². The van der Waals surface area contributed by atoms with E-state index in [2.05, 4.69) is 4.98 Å². The summed E-state index contributed by atoms with van der Waals surface area (Å²) in [5.41, 5.74) is 1.69. The number of anilines is 1. The van der Waals surface area contributed by atoms with Gasteiger partial charge >= 0.3 is 0 Å². The Morgan fingerprint density at radius 2 is 1.68 bits per heavy atom. The molecule has 0 fully saturated rings. The predicted octanol–water partition coefficient (Wildman–Crippen LogP) is 5.29. The predicted molar refractivity (Wildman–Crippen MR) is 117 cm³/mol. The van der Waals surface area contributed by atoms with E-state index in [1.807, 2.05) is 24.3 Å². The standard InChI is InChI=1S/C24H13FN2O3S/c25-14-11-9-13(10-12-14)20-19-21(28)15-5-1-3-7-17(15)30-22(19)23(29)27(20)24-26-16-6-2-4-8-18(16)31-24/h1-12,20H/t20-/m0/s1. The van der Waals surface area contributed by atoms with E-state index in [0.29, 0.717) is 21.7 Å². The highest BCUT2D eigenvalue weighted by Crippen LogP contribution is 2.43. The van der Waals surface area contributed by atoms with Crippen LogP contribution >= 0.6 is 11.3 Å². The summed E-state index contributed by atoms with van der Waals surface area (Å²) >= 11 is 1.36. The highest BCUT2D eigenvalue weighted by molar-refractivity contribution is 7.22. The van der Waals surface area contributed by atoms with Crippen molar-refractivity contribution in [2.24, 2.45) is 0 Å². The second kappa shape index (κ2) is 6.58. The Morgan fingerprint density at radius 1 is 0.935 bits per heavy atom. The molecule has 5 nitrogen and oxygen atoms in total. The second-order valence-electron chi connectivity index (χ2n) is 7.26. The van der Waals surface area contributed by atoms with Crippen LogP contribution in [0.15, 0.2) is 82.0 Å². The average Bonchev–Trinajstić information content (AvgIpc) is 3.33. The van der Waals surface area contributed by atoms with Crippen LogP contribution in [0.1, 0.15) is 27.7 Å². The number of amides is 1. The zero-order valence-electron chi connectivity index (χ0n) is 15.9. The third-order valence-electron chi connectivity index (χ3n) is 5.45. The molecule has 0 aliphatic carbocycles. The third-order valence-corrected chi connectivity index (χ3v) is 6.49. The molecular weight excluding hydrogens is 415 g/mol. The SMILES string of the molecule is O=C1c2oc3ccccc3c(=O)c2[C@H](c2ccc(F)cc2)N1c1nc2ccccc2s1. The topological polar surface area (TPSA) is 63.4 Å². The van der Waals surface area contributed by atoms with E-state index in [1.54, 1.807) is 36.4 Å². The summed E-state index contributed by atoms with van der Waals surface area (Å²) in [6, 6.07) is 19.4. The average molecular weight is 428 g/mol. The number of fused-ring (bicyclic) bond motifs is 3. The second-order valence-corrected chi connectivity index (χ2v) is 8.27. The van der Waals surface area contributed by atoms with Crippen LogP contribution in [0.25, 0.3) is 21.2 Å². The molecule has 0 bridgehead atoms. The van der Waals surface area contributed by atoms with E-state index in [1.165, 1.54) is 28.4 Å². The first-order valence-corrected chi connectivity index (χ1v) is 10.4. The van der Waals surface area contributed by atoms with Gasteiger partial charge in [-0.2, -0.15) is 0 Å². The lowest BCUT2D eigenvalue weighted by molar-refractivity contribution is 0.0971. The molecule has 1 aliphatic heterocycles. The maximum absolute atomic E-state index is 13.6. The Bertz CT molecular complexity index is 1520. The number of hydrogen-bond acceptors (Lipinski definition) is 5. The number of carbonyl (C=O) groups excluding carboxylic acids is 1. The van der Waals surface area contributed by atoms with Gasteiger partial charge in [0.1, 0.15) is 11.4 Å². The van der Waals surface area contributed by atoms with Crippen molar-refractivity contribution in [3.8, 4) is 0 Å².